The van der Waals surface area contributed by atoms with E-state index in [-0.39, 0.29) is 6.61 Å². The maximum atomic E-state index is 10.1. The van der Waals surface area contributed by atoms with Gasteiger partial charge in [0.25, 0.3) is 0 Å². The van der Waals surface area contributed by atoms with Gasteiger partial charge in [0.15, 0.2) is 24.8 Å². The molecule has 2 heterocycles. The van der Waals surface area contributed by atoms with Crippen LogP contribution in [0.15, 0.2) is 31.0 Å². The number of aryl methyl sites for hydroxylation is 1. The lowest BCUT2D eigenvalue weighted by Gasteiger charge is -2.41. The predicted molar refractivity (Wildman–Crippen MR) is 95.5 cm³/mol. The van der Waals surface area contributed by atoms with Crippen molar-refractivity contribution < 1.29 is 44.5 Å². The summed E-state index contributed by atoms with van der Waals surface area (Å²) < 4.78 is 16.0. The summed E-state index contributed by atoms with van der Waals surface area (Å²) in [5.74, 6) is 0. The molecular weight excluding hydrogens is 372 g/mol. The molecule has 1 aromatic heterocycles. The van der Waals surface area contributed by atoms with E-state index in [4.69, 9.17) is 24.2 Å². The summed E-state index contributed by atoms with van der Waals surface area (Å²) in [6.07, 6.45) is 0.150. The molecule has 0 spiro atoms. The highest BCUT2D eigenvalue weighted by Crippen LogP contribution is 2.24. The lowest BCUT2D eigenvalue weighted by atomic mass is 9.99. The van der Waals surface area contributed by atoms with Crippen LogP contribution in [0, 0.1) is 6.92 Å². The fourth-order valence-electron chi connectivity index (χ4n) is 2.77. The van der Waals surface area contributed by atoms with Crippen LogP contribution in [0.4, 0.5) is 0 Å². The number of aromatic amines is 1. The van der Waals surface area contributed by atoms with E-state index in [9.17, 15) is 15.3 Å². The summed E-state index contributed by atoms with van der Waals surface area (Å²) in [6.45, 7) is 2.71. The molecular formula is C18H29N2O8+. The zero-order chi connectivity index (χ0) is 20.4. The van der Waals surface area contributed by atoms with Gasteiger partial charge in [-0.05, 0) is 19.4 Å². The van der Waals surface area contributed by atoms with Gasteiger partial charge in [-0.1, -0.05) is 0 Å². The maximum Gasteiger partial charge on any atom is 0.186 e. The molecule has 28 heavy (non-hydrogen) atoms. The quantitative estimate of drug-likeness (QED) is 0.181. The molecule has 1 aromatic rings. The third-order valence-electron chi connectivity index (χ3n) is 4.16. The zero-order valence-electron chi connectivity index (χ0n) is 15.7. The van der Waals surface area contributed by atoms with E-state index in [1.54, 1.807) is 0 Å². The SMILES string of the molecule is Cc1c[nH+]cc(CONCCCO[C@H]2OC(CO)[C@@H](O/C=C\O)[C@@H](O)C2O)c1. The molecule has 10 heteroatoms. The van der Waals surface area contributed by atoms with Crippen molar-refractivity contribution in [3.8, 4) is 0 Å². The van der Waals surface area contributed by atoms with Crippen LogP contribution in [0.5, 0.6) is 0 Å². The van der Waals surface area contributed by atoms with Crippen LogP contribution in [-0.4, -0.2) is 70.9 Å². The Balaban J connectivity index is 1.65. The minimum atomic E-state index is -1.36. The normalized spacial score (nSPS) is 27.9. The molecule has 0 amide bonds. The third-order valence-corrected chi connectivity index (χ3v) is 4.16. The Hall–Kier alpha value is -1.79. The first-order valence-electron chi connectivity index (χ1n) is 9.06. The Morgan fingerprint density at radius 3 is 2.82 bits per heavy atom. The lowest BCUT2D eigenvalue weighted by molar-refractivity contribution is -0.379. The largest absolute Gasteiger partial charge is 0.512 e. The number of rotatable bonds is 11. The Morgan fingerprint density at radius 2 is 2.11 bits per heavy atom. The van der Waals surface area contributed by atoms with E-state index in [1.165, 1.54) is 0 Å². The number of aliphatic hydroxyl groups is 4. The number of aliphatic hydroxyl groups excluding tert-OH is 4. The van der Waals surface area contributed by atoms with Gasteiger partial charge < -0.3 is 34.6 Å². The summed E-state index contributed by atoms with van der Waals surface area (Å²) in [4.78, 5) is 8.40. The average Bonchev–Trinajstić information content (AvgIpc) is 2.69. The number of hydrogen-bond donors (Lipinski definition) is 5. The van der Waals surface area contributed by atoms with Crippen molar-refractivity contribution in [3.63, 3.8) is 0 Å². The molecule has 1 fully saturated rings. The monoisotopic (exact) mass is 401 g/mol. The molecule has 158 valence electrons. The summed E-state index contributed by atoms with van der Waals surface area (Å²) in [5, 5.41) is 38.3. The number of hydrogen-bond acceptors (Lipinski definition) is 9. The zero-order valence-corrected chi connectivity index (χ0v) is 15.7. The van der Waals surface area contributed by atoms with Crippen LogP contribution in [0.25, 0.3) is 0 Å². The topological polar surface area (TPSA) is 144 Å². The predicted octanol–water partition coefficient (Wildman–Crippen LogP) is -0.910. The Kier molecular flexibility index (Phi) is 9.58. The first-order valence-corrected chi connectivity index (χ1v) is 9.06. The first kappa shape index (κ1) is 22.5. The van der Waals surface area contributed by atoms with Gasteiger partial charge in [-0.3, -0.25) is 4.84 Å². The second-order valence-corrected chi connectivity index (χ2v) is 6.42. The van der Waals surface area contributed by atoms with Gasteiger partial charge in [0.05, 0.1) is 19.8 Å². The molecule has 0 saturated carbocycles. The molecule has 1 aliphatic heterocycles. The molecule has 0 aliphatic carbocycles. The van der Waals surface area contributed by atoms with Gasteiger partial charge >= 0.3 is 0 Å². The first-order chi connectivity index (χ1) is 13.6. The third kappa shape index (κ3) is 6.67. The van der Waals surface area contributed by atoms with Crippen LogP contribution in [0.1, 0.15) is 17.5 Å². The van der Waals surface area contributed by atoms with E-state index in [1.807, 2.05) is 25.4 Å². The van der Waals surface area contributed by atoms with Gasteiger partial charge in [-0.15, -0.1) is 0 Å². The van der Waals surface area contributed by atoms with Gasteiger partial charge in [-0.2, -0.15) is 0 Å². The molecule has 6 N–H and O–H groups in total. The van der Waals surface area contributed by atoms with Crippen molar-refractivity contribution >= 4 is 0 Å². The van der Waals surface area contributed by atoms with Crippen molar-refractivity contribution in [1.82, 2.24) is 5.48 Å². The van der Waals surface area contributed by atoms with E-state index in [2.05, 4.69) is 10.5 Å². The molecule has 5 atom stereocenters. The van der Waals surface area contributed by atoms with Gasteiger partial charge in [0.1, 0.15) is 30.8 Å². The Labute approximate surface area is 163 Å². The molecule has 0 aromatic carbocycles. The van der Waals surface area contributed by atoms with Crippen molar-refractivity contribution in [2.45, 2.75) is 50.7 Å². The lowest BCUT2D eigenvalue weighted by Crippen LogP contribution is -2.59. The highest BCUT2D eigenvalue weighted by atomic mass is 16.7. The van der Waals surface area contributed by atoms with Gasteiger partial charge in [0.2, 0.25) is 0 Å². The summed E-state index contributed by atoms with van der Waals surface area (Å²) >= 11 is 0. The molecule has 1 aliphatic rings. The fourth-order valence-corrected chi connectivity index (χ4v) is 2.77. The fraction of sp³-hybridized carbons (Fsp3) is 0.611. The highest BCUT2D eigenvalue weighted by Gasteiger charge is 2.45. The van der Waals surface area contributed by atoms with Crippen molar-refractivity contribution in [1.29, 1.82) is 0 Å². The van der Waals surface area contributed by atoms with E-state index < -0.39 is 37.3 Å². The standard InChI is InChI=1S/C18H28N2O8/c1-12-7-13(9-19-8-12)11-27-20-3-2-5-26-18-16(24)15(23)17(25-6-4-21)14(10-22)28-18/h4,6-9,14-18,20-24H,2-3,5,10-11H2,1H3/p+1/b6-4-/t14?,15-,16?,17+,18-/m0/s1. The molecule has 0 bridgehead atoms. The number of nitrogens with one attached hydrogen (secondary N) is 2. The van der Waals surface area contributed by atoms with Crippen LogP contribution in [0.2, 0.25) is 0 Å². The molecule has 2 unspecified atom stereocenters. The van der Waals surface area contributed by atoms with Crippen molar-refractivity contribution in [3.05, 3.63) is 42.1 Å². The van der Waals surface area contributed by atoms with Crippen LogP contribution < -0.4 is 10.5 Å². The number of aromatic nitrogens is 1. The number of pyridine rings is 1. The second kappa shape index (κ2) is 11.9. The van der Waals surface area contributed by atoms with E-state index in [0.717, 1.165) is 17.4 Å². The minimum absolute atomic E-state index is 0.239. The van der Waals surface area contributed by atoms with Crippen LogP contribution >= 0.6 is 0 Å². The van der Waals surface area contributed by atoms with Gasteiger partial charge in [0, 0.05) is 17.7 Å². The summed E-state index contributed by atoms with van der Waals surface area (Å²) in [6, 6.07) is 2.01. The average molecular weight is 401 g/mol. The van der Waals surface area contributed by atoms with Gasteiger partial charge in [-0.25, -0.2) is 10.5 Å². The molecule has 1 saturated heterocycles. The number of ether oxygens (including phenoxy) is 3. The maximum absolute atomic E-state index is 10.1. The molecule has 10 nitrogen and oxygen atoms in total. The van der Waals surface area contributed by atoms with Crippen molar-refractivity contribution in [2.75, 3.05) is 19.8 Å². The smallest absolute Gasteiger partial charge is 0.186 e. The molecule has 2 rings (SSSR count). The molecule has 0 radical (unpaired) electrons. The Morgan fingerprint density at radius 1 is 1.29 bits per heavy atom. The second-order valence-electron chi connectivity index (χ2n) is 6.42. The highest BCUT2D eigenvalue weighted by molar-refractivity contribution is 5.12. The van der Waals surface area contributed by atoms with E-state index in [0.29, 0.717) is 25.8 Å². The summed E-state index contributed by atoms with van der Waals surface area (Å²) in [5.41, 5.74) is 4.95. The van der Waals surface area contributed by atoms with Crippen LogP contribution in [-0.2, 0) is 25.7 Å². The van der Waals surface area contributed by atoms with Crippen molar-refractivity contribution in [2.24, 2.45) is 0 Å². The number of H-pyrrole nitrogens is 1. The van der Waals surface area contributed by atoms with Crippen LogP contribution in [0.3, 0.4) is 0 Å². The minimum Gasteiger partial charge on any atom is -0.512 e. The van der Waals surface area contributed by atoms with E-state index >= 15 is 0 Å². The number of hydroxylamine groups is 1. The summed E-state index contributed by atoms with van der Waals surface area (Å²) in [7, 11) is 0. The Bertz CT molecular complexity index is 601.